The molecule has 1 aliphatic heterocycles. The van der Waals surface area contributed by atoms with E-state index in [1.54, 1.807) is 6.07 Å². The summed E-state index contributed by atoms with van der Waals surface area (Å²) >= 11 is 1.96. The van der Waals surface area contributed by atoms with Crippen LogP contribution in [0.25, 0.3) is 11.1 Å². The van der Waals surface area contributed by atoms with Gasteiger partial charge in [0.05, 0.1) is 16.9 Å². The van der Waals surface area contributed by atoms with Gasteiger partial charge in [-0.25, -0.2) is 4.79 Å². The maximum absolute atomic E-state index is 11.1. The maximum atomic E-state index is 11.1. The predicted molar refractivity (Wildman–Crippen MR) is 75.2 cm³/mol. The van der Waals surface area contributed by atoms with E-state index in [0.717, 1.165) is 17.9 Å². The van der Waals surface area contributed by atoms with Gasteiger partial charge < -0.3 is 15.5 Å². The first-order valence-corrected chi connectivity index (χ1v) is 7.14. The van der Waals surface area contributed by atoms with Gasteiger partial charge in [0.2, 0.25) is 0 Å². The predicted octanol–water partition coefficient (Wildman–Crippen LogP) is 2.01. The highest BCUT2D eigenvalue weighted by atomic mass is 32.2. The topological polar surface area (TPSA) is 84.0 Å². The molecule has 2 heterocycles. The zero-order valence-electron chi connectivity index (χ0n) is 9.86. The summed E-state index contributed by atoms with van der Waals surface area (Å²) in [4.78, 5) is 13.8. The Bertz CT molecular complexity index is 613. The third-order valence-corrected chi connectivity index (χ3v) is 4.33. The number of H-pyrrole nitrogens is 1. The number of nitrogens with two attached hydrogens (primary N) is 1. The average Bonchev–Trinajstić information content (AvgIpc) is 2.70. The lowest BCUT2D eigenvalue weighted by Gasteiger charge is -2.24. The van der Waals surface area contributed by atoms with Crippen LogP contribution >= 0.6 is 11.8 Å². The molecule has 96 valence electrons. The van der Waals surface area contributed by atoms with E-state index in [4.69, 9.17) is 10.2 Å². The van der Waals surface area contributed by atoms with Crippen LogP contribution in [-0.2, 0) is 0 Å². The van der Waals surface area contributed by atoms with E-state index in [9.17, 15) is 4.79 Å². The van der Waals surface area contributed by atoms with Gasteiger partial charge in [0.25, 0.3) is 0 Å². The molecule has 0 amide bonds. The van der Waals surface area contributed by atoms with Crippen molar-refractivity contribution in [1.29, 1.82) is 0 Å². The molecule has 5 nitrogen and oxygen atoms in total. The lowest BCUT2D eigenvalue weighted by atomic mass is 10.1. The monoisotopic (exact) mass is 265 g/mol. The number of aromatic amines is 1. The van der Waals surface area contributed by atoms with Crippen LogP contribution in [0.4, 0.5) is 11.4 Å². The van der Waals surface area contributed by atoms with Crippen molar-refractivity contribution in [2.24, 2.45) is 0 Å². The van der Waals surface area contributed by atoms with Crippen LogP contribution in [0.1, 0.15) is 12.8 Å². The summed E-state index contributed by atoms with van der Waals surface area (Å²) in [6.45, 7) is 0. The van der Waals surface area contributed by atoms with Crippen molar-refractivity contribution in [2.75, 3.05) is 22.6 Å². The number of fused-ring (bicyclic) bond motifs is 1. The van der Waals surface area contributed by atoms with Crippen LogP contribution in [0.15, 0.2) is 21.3 Å². The summed E-state index contributed by atoms with van der Waals surface area (Å²) in [5.41, 5.74) is 8.63. The van der Waals surface area contributed by atoms with Crippen molar-refractivity contribution in [3.05, 3.63) is 22.7 Å². The summed E-state index contributed by atoms with van der Waals surface area (Å²) in [5, 5.41) is 3.44. The highest BCUT2D eigenvalue weighted by Gasteiger charge is 2.15. The molecule has 0 radical (unpaired) electrons. The fourth-order valence-corrected chi connectivity index (χ4v) is 3.28. The standard InChI is InChI=1S/C12H15N3O2S/c13-8-4-11-10(15-12(16)17-11)5-9(8)14-7-2-1-3-18-6-7/h4-5,7,14H,1-3,6,13H2,(H,15,16). The minimum atomic E-state index is -0.449. The number of thioether (sulfide) groups is 1. The van der Waals surface area contributed by atoms with Crippen LogP contribution in [0.3, 0.4) is 0 Å². The number of nitrogens with one attached hydrogen (secondary N) is 2. The fourth-order valence-electron chi connectivity index (χ4n) is 2.21. The molecular weight excluding hydrogens is 250 g/mol. The minimum Gasteiger partial charge on any atom is -0.408 e. The number of benzene rings is 1. The smallest absolute Gasteiger partial charge is 0.408 e. The van der Waals surface area contributed by atoms with E-state index in [0.29, 0.717) is 22.8 Å². The Kier molecular flexibility index (Phi) is 2.95. The third kappa shape index (κ3) is 2.20. The quantitative estimate of drug-likeness (QED) is 0.723. The number of hydrogen-bond acceptors (Lipinski definition) is 5. The van der Waals surface area contributed by atoms with E-state index in [-0.39, 0.29) is 0 Å². The van der Waals surface area contributed by atoms with Crippen molar-refractivity contribution in [3.8, 4) is 0 Å². The first kappa shape index (κ1) is 11.5. The molecule has 1 fully saturated rings. The Morgan fingerprint density at radius 3 is 3.17 bits per heavy atom. The Hall–Kier alpha value is -1.56. The normalized spacial score (nSPS) is 20.1. The summed E-state index contributed by atoms with van der Waals surface area (Å²) in [5.74, 6) is 1.89. The zero-order chi connectivity index (χ0) is 12.5. The fraction of sp³-hybridized carbons (Fsp3) is 0.417. The number of anilines is 2. The third-order valence-electron chi connectivity index (χ3n) is 3.11. The largest absolute Gasteiger partial charge is 0.417 e. The van der Waals surface area contributed by atoms with Crippen LogP contribution in [0.5, 0.6) is 0 Å². The second kappa shape index (κ2) is 4.61. The van der Waals surface area contributed by atoms with Gasteiger partial charge in [-0.15, -0.1) is 0 Å². The van der Waals surface area contributed by atoms with Crippen LogP contribution in [0.2, 0.25) is 0 Å². The summed E-state index contributed by atoms with van der Waals surface area (Å²) < 4.78 is 4.97. The van der Waals surface area contributed by atoms with Gasteiger partial charge in [0, 0.05) is 17.9 Å². The first-order valence-electron chi connectivity index (χ1n) is 5.99. The van der Waals surface area contributed by atoms with Gasteiger partial charge in [-0.2, -0.15) is 11.8 Å². The van der Waals surface area contributed by atoms with Crippen molar-refractivity contribution in [3.63, 3.8) is 0 Å². The molecule has 2 aromatic rings. The molecular formula is C12H15N3O2S. The molecule has 18 heavy (non-hydrogen) atoms. The number of rotatable bonds is 2. The number of nitrogen functional groups attached to an aromatic ring is 1. The molecule has 6 heteroatoms. The van der Waals surface area contributed by atoms with Crippen LogP contribution in [0, 0.1) is 0 Å². The van der Waals surface area contributed by atoms with Crippen LogP contribution < -0.4 is 16.8 Å². The highest BCUT2D eigenvalue weighted by molar-refractivity contribution is 7.99. The number of oxazole rings is 1. The van der Waals surface area contributed by atoms with Crippen molar-refractivity contribution in [1.82, 2.24) is 4.98 Å². The lowest BCUT2D eigenvalue weighted by Crippen LogP contribution is -2.26. The molecule has 3 rings (SSSR count). The van der Waals surface area contributed by atoms with Crippen molar-refractivity contribution in [2.45, 2.75) is 18.9 Å². The van der Waals surface area contributed by atoms with Gasteiger partial charge >= 0.3 is 5.76 Å². The molecule has 1 unspecified atom stereocenters. The Labute approximate surface area is 108 Å². The Morgan fingerprint density at radius 2 is 2.39 bits per heavy atom. The van der Waals surface area contributed by atoms with E-state index in [1.807, 2.05) is 17.8 Å². The molecule has 0 spiro atoms. The van der Waals surface area contributed by atoms with Crippen molar-refractivity contribution < 1.29 is 4.42 Å². The first-order chi connectivity index (χ1) is 8.72. The number of aromatic nitrogens is 1. The van der Waals surface area contributed by atoms with E-state index in [2.05, 4.69) is 10.3 Å². The second-order valence-electron chi connectivity index (χ2n) is 4.51. The molecule has 1 atom stereocenters. The summed E-state index contributed by atoms with van der Waals surface area (Å²) in [6, 6.07) is 3.97. The second-order valence-corrected chi connectivity index (χ2v) is 5.66. The molecule has 4 N–H and O–H groups in total. The summed E-state index contributed by atoms with van der Waals surface area (Å²) in [6.07, 6.45) is 2.39. The molecule has 0 saturated carbocycles. The van der Waals surface area contributed by atoms with E-state index in [1.165, 1.54) is 12.2 Å². The lowest BCUT2D eigenvalue weighted by molar-refractivity contribution is 0.555. The van der Waals surface area contributed by atoms with E-state index < -0.39 is 5.76 Å². The van der Waals surface area contributed by atoms with Gasteiger partial charge in [-0.1, -0.05) is 0 Å². The van der Waals surface area contributed by atoms with Gasteiger partial charge in [-0.3, -0.25) is 4.98 Å². The van der Waals surface area contributed by atoms with E-state index >= 15 is 0 Å². The van der Waals surface area contributed by atoms with Gasteiger partial charge in [0.1, 0.15) is 0 Å². The van der Waals surface area contributed by atoms with Gasteiger partial charge in [0.15, 0.2) is 5.58 Å². The molecule has 1 aliphatic rings. The van der Waals surface area contributed by atoms with Gasteiger partial charge in [-0.05, 0) is 24.7 Å². The zero-order valence-corrected chi connectivity index (χ0v) is 10.7. The molecule has 0 bridgehead atoms. The highest BCUT2D eigenvalue weighted by Crippen LogP contribution is 2.27. The SMILES string of the molecule is Nc1cc2oc(=O)[nH]c2cc1NC1CCCSC1. The molecule has 1 aromatic heterocycles. The van der Waals surface area contributed by atoms with Crippen molar-refractivity contribution >= 4 is 34.2 Å². The number of hydrogen-bond donors (Lipinski definition) is 3. The molecule has 1 aromatic carbocycles. The Balaban J connectivity index is 1.90. The minimum absolute atomic E-state index is 0.446. The van der Waals surface area contributed by atoms with Crippen LogP contribution in [-0.4, -0.2) is 22.5 Å². The molecule has 0 aliphatic carbocycles. The average molecular weight is 265 g/mol. The Morgan fingerprint density at radius 1 is 1.50 bits per heavy atom. The maximum Gasteiger partial charge on any atom is 0.417 e. The molecule has 1 saturated heterocycles. The summed E-state index contributed by atoms with van der Waals surface area (Å²) in [7, 11) is 0.